The maximum Gasteiger partial charge on any atom is 0.260 e. The molecule has 10 heteroatoms. The molecule has 0 spiro atoms. The Morgan fingerprint density at radius 2 is 2.07 bits per heavy atom. The molecule has 1 aromatic heterocycles. The van der Waals surface area contributed by atoms with Crippen LogP contribution in [0.25, 0.3) is 6.08 Å². The summed E-state index contributed by atoms with van der Waals surface area (Å²) in [6.07, 6.45) is 7.61. The Labute approximate surface area is 175 Å². The summed E-state index contributed by atoms with van der Waals surface area (Å²) < 4.78 is 10.4. The van der Waals surface area contributed by atoms with Gasteiger partial charge >= 0.3 is 0 Å². The second kappa shape index (κ2) is 11.5. The van der Waals surface area contributed by atoms with Crippen LogP contribution in [0.3, 0.4) is 0 Å². The molecule has 160 valence electrons. The van der Waals surface area contributed by atoms with E-state index < -0.39 is 5.56 Å². The number of ether oxygens (including phenoxy) is 2. The maximum absolute atomic E-state index is 11.7. The predicted molar refractivity (Wildman–Crippen MR) is 112 cm³/mol. The fourth-order valence-corrected chi connectivity index (χ4v) is 4.11. The average Bonchev–Trinajstić information content (AvgIpc) is 3.03. The number of hydrogen-bond donors (Lipinski definition) is 4. The van der Waals surface area contributed by atoms with Crippen molar-refractivity contribution in [3.8, 4) is 0 Å². The third-order valence-corrected chi connectivity index (χ3v) is 5.74. The Morgan fingerprint density at radius 1 is 1.28 bits per heavy atom. The highest BCUT2D eigenvalue weighted by molar-refractivity contribution is 8.05. The molecule has 2 aliphatic rings. The molecule has 2 heterocycles. The van der Waals surface area contributed by atoms with E-state index in [0.29, 0.717) is 48.5 Å². The number of aromatic nitrogens is 2. The summed E-state index contributed by atoms with van der Waals surface area (Å²) in [4.78, 5) is 20.9. The van der Waals surface area contributed by atoms with Crippen molar-refractivity contribution in [2.45, 2.75) is 43.3 Å². The second-order valence-electron chi connectivity index (χ2n) is 7.01. The smallest absolute Gasteiger partial charge is 0.260 e. The van der Waals surface area contributed by atoms with Crippen LogP contribution in [-0.4, -0.2) is 72.1 Å². The summed E-state index contributed by atoms with van der Waals surface area (Å²) >= 11 is 1.08. The van der Waals surface area contributed by atoms with Crippen LogP contribution in [0.2, 0.25) is 0 Å². The molecule has 1 aromatic rings. The molecule has 1 aliphatic heterocycles. The van der Waals surface area contributed by atoms with Crippen LogP contribution in [0.5, 0.6) is 0 Å². The molecule has 1 saturated heterocycles. The standard InChI is InChI=1S/C19H29N5O4S/c1-27-10-11-28-9-8-20-13-2-4-14(5-3-13)22-18-21-7-6-15(23-18)12-16-17(25)24-19(26)29-16/h6-7,12-14,19-20,26H,2-5,8-11H2,1H3,(H,24,25)(H,21,22,23)/b16-12-. The van der Waals surface area contributed by atoms with Gasteiger partial charge in [-0.05, 0) is 37.8 Å². The van der Waals surface area contributed by atoms with Crippen LogP contribution in [0.15, 0.2) is 17.2 Å². The quantitative estimate of drug-likeness (QED) is 0.322. The molecule has 29 heavy (non-hydrogen) atoms. The highest BCUT2D eigenvalue weighted by Gasteiger charge is 2.25. The lowest BCUT2D eigenvalue weighted by molar-refractivity contribution is -0.117. The van der Waals surface area contributed by atoms with Crippen molar-refractivity contribution in [3.05, 3.63) is 22.9 Å². The zero-order valence-electron chi connectivity index (χ0n) is 16.6. The highest BCUT2D eigenvalue weighted by atomic mass is 32.2. The average molecular weight is 424 g/mol. The van der Waals surface area contributed by atoms with Crippen molar-refractivity contribution < 1.29 is 19.4 Å². The molecule has 9 nitrogen and oxygen atoms in total. The Hall–Kier alpha value is -1.72. The van der Waals surface area contributed by atoms with Crippen LogP contribution in [0.1, 0.15) is 31.4 Å². The largest absolute Gasteiger partial charge is 0.382 e. The van der Waals surface area contributed by atoms with E-state index in [1.165, 1.54) is 0 Å². The Kier molecular flexibility index (Phi) is 8.69. The van der Waals surface area contributed by atoms with Crippen molar-refractivity contribution in [3.63, 3.8) is 0 Å². The molecule has 1 amide bonds. The van der Waals surface area contributed by atoms with Gasteiger partial charge in [-0.25, -0.2) is 9.97 Å². The van der Waals surface area contributed by atoms with Gasteiger partial charge in [-0.1, -0.05) is 11.8 Å². The van der Waals surface area contributed by atoms with Crippen LogP contribution in [0.4, 0.5) is 5.95 Å². The molecule has 1 aliphatic carbocycles. The van der Waals surface area contributed by atoms with E-state index in [0.717, 1.165) is 44.0 Å². The number of anilines is 1. The Morgan fingerprint density at radius 3 is 2.79 bits per heavy atom. The van der Waals surface area contributed by atoms with E-state index in [1.54, 1.807) is 25.4 Å². The number of carbonyl (C=O) groups is 1. The third-order valence-electron chi connectivity index (χ3n) is 4.84. The number of hydrogen-bond acceptors (Lipinski definition) is 9. The lowest BCUT2D eigenvalue weighted by atomic mass is 9.91. The monoisotopic (exact) mass is 423 g/mol. The zero-order chi connectivity index (χ0) is 20.5. The van der Waals surface area contributed by atoms with Crippen LogP contribution >= 0.6 is 11.8 Å². The number of rotatable bonds is 10. The third kappa shape index (κ3) is 7.23. The first kappa shape index (κ1) is 22.0. The van der Waals surface area contributed by atoms with Crippen LogP contribution < -0.4 is 16.0 Å². The lowest BCUT2D eigenvalue weighted by Crippen LogP contribution is -2.38. The molecule has 3 rings (SSSR count). The molecule has 0 bridgehead atoms. The molecule has 1 atom stereocenters. The molecule has 0 aromatic carbocycles. The fourth-order valence-electron chi connectivity index (χ4n) is 3.35. The predicted octanol–water partition coefficient (Wildman–Crippen LogP) is 0.932. The van der Waals surface area contributed by atoms with Gasteiger partial charge in [-0.3, -0.25) is 4.79 Å². The molecule has 0 radical (unpaired) electrons. The van der Waals surface area contributed by atoms with Crippen molar-refractivity contribution >= 4 is 29.7 Å². The van der Waals surface area contributed by atoms with Crippen molar-refractivity contribution in [2.24, 2.45) is 0 Å². The number of nitrogens with zero attached hydrogens (tertiary/aromatic N) is 2. The topological polar surface area (TPSA) is 118 Å². The normalized spacial score (nSPS) is 25.9. The van der Waals surface area contributed by atoms with E-state index in [-0.39, 0.29) is 5.91 Å². The first-order valence-electron chi connectivity index (χ1n) is 9.91. The number of thioether (sulfide) groups is 1. The molecular formula is C19H29N5O4S. The fraction of sp³-hybridized carbons (Fsp3) is 0.632. The number of carbonyl (C=O) groups excluding carboxylic acids is 1. The summed E-state index contributed by atoms with van der Waals surface area (Å²) in [7, 11) is 1.67. The van der Waals surface area contributed by atoms with Crippen molar-refractivity contribution in [1.29, 1.82) is 0 Å². The minimum atomic E-state index is -0.895. The summed E-state index contributed by atoms with van der Waals surface area (Å²) in [5.41, 5.74) is -0.257. The van der Waals surface area contributed by atoms with E-state index in [9.17, 15) is 9.90 Å². The number of methoxy groups -OCH3 is 1. The number of nitrogens with one attached hydrogen (secondary N) is 3. The number of amides is 1. The first-order chi connectivity index (χ1) is 14.1. The second-order valence-corrected chi connectivity index (χ2v) is 8.13. The Bertz CT molecular complexity index is 697. The zero-order valence-corrected chi connectivity index (χ0v) is 17.4. The van der Waals surface area contributed by atoms with Gasteiger partial charge in [0.1, 0.15) is 0 Å². The lowest BCUT2D eigenvalue weighted by Gasteiger charge is -2.29. The SMILES string of the molecule is COCCOCCNC1CCC(Nc2nccc(/C=C3\SC(O)NC3=O)n2)CC1. The van der Waals surface area contributed by atoms with E-state index >= 15 is 0 Å². The van der Waals surface area contributed by atoms with Gasteiger partial charge in [-0.2, -0.15) is 0 Å². The summed E-state index contributed by atoms with van der Waals surface area (Å²) in [6.45, 7) is 2.82. The van der Waals surface area contributed by atoms with Crippen LogP contribution in [0, 0.1) is 0 Å². The minimum Gasteiger partial charge on any atom is -0.382 e. The molecule has 1 saturated carbocycles. The van der Waals surface area contributed by atoms with Gasteiger partial charge in [0.2, 0.25) is 5.95 Å². The highest BCUT2D eigenvalue weighted by Crippen LogP contribution is 2.27. The van der Waals surface area contributed by atoms with Gasteiger partial charge < -0.3 is 30.5 Å². The molecular weight excluding hydrogens is 394 g/mol. The number of aliphatic hydroxyl groups excluding tert-OH is 1. The van der Waals surface area contributed by atoms with Crippen molar-refractivity contribution in [1.82, 2.24) is 20.6 Å². The minimum absolute atomic E-state index is 0.287. The number of aliphatic hydroxyl groups is 1. The van der Waals surface area contributed by atoms with Gasteiger partial charge in [-0.15, -0.1) is 0 Å². The molecule has 1 unspecified atom stereocenters. The van der Waals surface area contributed by atoms with Gasteiger partial charge in [0, 0.05) is 31.9 Å². The first-order valence-corrected chi connectivity index (χ1v) is 10.8. The van der Waals surface area contributed by atoms with Crippen molar-refractivity contribution in [2.75, 3.05) is 38.8 Å². The molecule has 2 fully saturated rings. The summed E-state index contributed by atoms with van der Waals surface area (Å²) in [5.74, 6) is 0.275. The maximum atomic E-state index is 11.7. The van der Waals surface area contributed by atoms with Gasteiger partial charge in [0.15, 0.2) is 5.56 Å². The Balaban J connectivity index is 1.40. The molecule has 4 N–H and O–H groups in total. The summed E-state index contributed by atoms with van der Waals surface area (Å²) in [5, 5.41) is 18.9. The van der Waals surface area contributed by atoms with Gasteiger partial charge in [0.25, 0.3) is 5.91 Å². The summed E-state index contributed by atoms with van der Waals surface area (Å²) in [6, 6.07) is 2.59. The van der Waals surface area contributed by atoms with E-state index in [4.69, 9.17) is 9.47 Å². The van der Waals surface area contributed by atoms with E-state index in [2.05, 4.69) is 25.9 Å². The van der Waals surface area contributed by atoms with E-state index in [1.807, 2.05) is 0 Å². The van der Waals surface area contributed by atoms with Gasteiger partial charge in [0.05, 0.1) is 30.4 Å². The van der Waals surface area contributed by atoms with Crippen LogP contribution in [-0.2, 0) is 14.3 Å².